The Hall–Kier alpha value is -1.73. The highest BCUT2D eigenvalue weighted by Gasteiger charge is 2.26. The van der Waals surface area contributed by atoms with Crippen LogP contribution in [0.2, 0.25) is 0 Å². The van der Waals surface area contributed by atoms with E-state index in [-0.39, 0.29) is 32.0 Å². The first-order chi connectivity index (χ1) is 14.4. The van der Waals surface area contributed by atoms with Crippen molar-refractivity contribution in [2.24, 2.45) is 0 Å². The van der Waals surface area contributed by atoms with Crippen molar-refractivity contribution in [2.75, 3.05) is 78.5 Å². The molecule has 12 heteroatoms. The number of carboxylic acids is 3. The van der Waals surface area contributed by atoms with Crippen LogP contribution in [0, 0.1) is 0 Å². The number of rotatable bonds is 9. The second-order valence-corrected chi connectivity index (χ2v) is 9.39. The molecular formula is C19H34N4O7S. The normalized spacial score (nSPS) is 19.3. The van der Waals surface area contributed by atoms with Gasteiger partial charge in [-0.25, -0.2) is 0 Å². The molecule has 0 aromatic rings. The summed E-state index contributed by atoms with van der Waals surface area (Å²) in [7, 11) is 0. The van der Waals surface area contributed by atoms with Gasteiger partial charge in [0.2, 0.25) is 0 Å². The van der Waals surface area contributed by atoms with Gasteiger partial charge >= 0.3 is 17.9 Å². The Morgan fingerprint density at radius 2 is 0.839 bits per heavy atom. The highest BCUT2D eigenvalue weighted by molar-refractivity contribution is 7.82. The molecule has 31 heavy (non-hydrogen) atoms. The van der Waals surface area contributed by atoms with Crippen LogP contribution in [0.25, 0.3) is 0 Å². The van der Waals surface area contributed by atoms with Gasteiger partial charge in [0.05, 0.1) is 30.9 Å². The number of hydrogen-bond donors (Lipinski definition) is 4. The molecule has 0 unspecified atom stereocenters. The minimum atomic E-state index is -0.999. The van der Waals surface area contributed by atoms with E-state index in [9.17, 15) is 29.4 Å². The molecule has 1 rings (SSSR count). The third-order valence-corrected chi connectivity index (χ3v) is 5.31. The molecule has 1 fully saturated rings. The van der Waals surface area contributed by atoms with Crippen LogP contribution < -0.4 is 0 Å². The number of carbonyl (C=O) groups excluding carboxylic acids is 1. The van der Waals surface area contributed by atoms with Crippen molar-refractivity contribution in [3.8, 4) is 0 Å². The topological polar surface area (TPSA) is 142 Å². The summed E-state index contributed by atoms with van der Waals surface area (Å²) in [6, 6.07) is 0. The van der Waals surface area contributed by atoms with Gasteiger partial charge in [-0.05, 0) is 13.8 Å². The summed E-state index contributed by atoms with van der Waals surface area (Å²) in [5.41, 5.74) is 0. The predicted molar refractivity (Wildman–Crippen MR) is 117 cm³/mol. The van der Waals surface area contributed by atoms with Crippen LogP contribution in [0.5, 0.6) is 0 Å². The summed E-state index contributed by atoms with van der Waals surface area (Å²) in [4.78, 5) is 53.2. The summed E-state index contributed by atoms with van der Waals surface area (Å²) in [6.07, 6.45) is 0. The van der Waals surface area contributed by atoms with E-state index < -0.39 is 22.7 Å². The molecule has 1 heterocycles. The molecule has 11 nitrogen and oxygen atoms in total. The van der Waals surface area contributed by atoms with Crippen LogP contribution in [0.1, 0.15) is 13.8 Å². The van der Waals surface area contributed by atoms with Crippen molar-refractivity contribution in [1.82, 2.24) is 19.6 Å². The Morgan fingerprint density at radius 3 is 1.03 bits per heavy atom. The Balaban J connectivity index is 2.99. The molecule has 1 saturated heterocycles. The van der Waals surface area contributed by atoms with E-state index in [1.165, 1.54) is 0 Å². The minimum Gasteiger partial charge on any atom is -0.480 e. The van der Waals surface area contributed by atoms with Gasteiger partial charge < -0.3 is 15.3 Å². The van der Waals surface area contributed by atoms with Gasteiger partial charge in [0.1, 0.15) is 0 Å². The second-order valence-electron chi connectivity index (χ2n) is 8.27. The molecule has 0 aromatic heterocycles. The molecule has 0 aromatic carbocycles. The first-order valence-corrected chi connectivity index (χ1v) is 10.6. The van der Waals surface area contributed by atoms with Gasteiger partial charge in [-0.15, -0.1) is 0 Å². The van der Waals surface area contributed by atoms with Crippen molar-refractivity contribution >= 4 is 36.3 Å². The molecule has 178 valence electrons. The minimum absolute atomic E-state index is 0.0786. The standard InChI is InChI=1S/C19H34N4O7S/c1-19(2,31)15(24)11-20-3-5-21(12-16(25)26)7-9-23(14-18(29)30)10-8-22(6-4-20)13-17(27)28/h31H,3-14H2,1-2H3,(H,25,26)(H,27,28)(H,29,30). The van der Waals surface area contributed by atoms with Crippen LogP contribution in [0.3, 0.4) is 0 Å². The van der Waals surface area contributed by atoms with Gasteiger partial charge in [0, 0.05) is 52.4 Å². The second kappa shape index (κ2) is 13.0. The smallest absolute Gasteiger partial charge is 0.317 e. The lowest BCUT2D eigenvalue weighted by atomic mass is 10.1. The molecule has 0 atom stereocenters. The van der Waals surface area contributed by atoms with Crippen LogP contribution in [0.15, 0.2) is 0 Å². The summed E-state index contributed by atoms with van der Waals surface area (Å²) >= 11 is 4.32. The largest absolute Gasteiger partial charge is 0.480 e. The lowest BCUT2D eigenvalue weighted by Crippen LogP contribution is -2.49. The van der Waals surface area contributed by atoms with Crippen molar-refractivity contribution in [3.05, 3.63) is 0 Å². The Kier molecular flexibility index (Phi) is 11.4. The van der Waals surface area contributed by atoms with E-state index in [4.69, 9.17) is 5.11 Å². The number of carbonyl (C=O) groups is 4. The lowest BCUT2D eigenvalue weighted by molar-refractivity contribution is -0.140. The third kappa shape index (κ3) is 12.0. The average molecular weight is 463 g/mol. The van der Waals surface area contributed by atoms with Crippen LogP contribution in [0.4, 0.5) is 0 Å². The lowest BCUT2D eigenvalue weighted by Gasteiger charge is -2.33. The van der Waals surface area contributed by atoms with Gasteiger partial charge in [-0.2, -0.15) is 12.6 Å². The molecular weight excluding hydrogens is 428 g/mol. The van der Waals surface area contributed by atoms with E-state index in [2.05, 4.69) is 12.6 Å². The van der Waals surface area contributed by atoms with Crippen LogP contribution in [-0.2, 0) is 19.2 Å². The highest BCUT2D eigenvalue weighted by atomic mass is 32.1. The Bertz CT molecular complexity index is 609. The first kappa shape index (κ1) is 27.3. The van der Waals surface area contributed by atoms with Gasteiger partial charge in [-0.1, -0.05) is 0 Å². The molecule has 0 spiro atoms. The zero-order valence-electron chi connectivity index (χ0n) is 18.2. The molecule has 0 amide bonds. The van der Waals surface area contributed by atoms with Gasteiger partial charge in [0.25, 0.3) is 0 Å². The molecule has 3 N–H and O–H groups in total. The van der Waals surface area contributed by atoms with Gasteiger partial charge in [-0.3, -0.25) is 38.8 Å². The Morgan fingerprint density at radius 1 is 0.613 bits per heavy atom. The average Bonchev–Trinajstić information content (AvgIpc) is 2.61. The number of Topliss-reactive ketones (excluding diaryl/α,β-unsaturated/α-hetero) is 1. The fraction of sp³-hybridized carbons (Fsp3) is 0.789. The van der Waals surface area contributed by atoms with Gasteiger partial charge in [0.15, 0.2) is 5.78 Å². The van der Waals surface area contributed by atoms with E-state index in [1.807, 2.05) is 4.90 Å². The monoisotopic (exact) mass is 462 g/mol. The highest BCUT2D eigenvalue weighted by Crippen LogP contribution is 2.14. The van der Waals surface area contributed by atoms with Crippen LogP contribution >= 0.6 is 12.6 Å². The molecule has 0 aliphatic carbocycles. The zero-order valence-corrected chi connectivity index (χ0v) is 19.1. The van der Waals surface area contributed by atoms with Crippen molar-refractivity contribution in [3.63, 3.8) is 0 Å². The maximum Gasteiger partial charge on any atom is 0.317 e. The quantitative estimate of drug-likeness (QED) is 0.305. The molecule has 1 aliphatic rings. The fourth-order valence-corrected chi connectivity index (χ4v) is 3.25. The van der Waals surface area contributed by atoms with Crippen molar-refractivity contribution < 1.29 is 34.5 Å². The van der Waals surface area contributed by atoms with Crippen molar-refractivity contribution in [1.29, 1.82) is 0 Å². The van der Waals surface area contributed by atoms with E-state index in [1.54, 1.807) is 28.5 Å². The van der Waals surface area contributed by atoms with E-state index >= 15 is 0 Å². The number of aliphatic carboxylic acids is 3. The predicted octanol–water partition coefficient (Wildman–Crippen LogP) is -1.26. The van der Waals surface area contributed by atoms with E-state index in [0.717, 1.165) is 0 Å². The maximum atomic E-state index is 12.5. The third-order valence-electron chi connectivity index (χ3n) is 5.06. The Labute approximate surface area is 188 Å². The summed E-state index contributed by atoms with van der Waals surface area (Å²) in [5.74, 6) is -3.04. The number of carboxylic acid groups (broad SMARTS) is 3. The first-order valence-electron chi connectivity index (χ1n) is 10.2. The SMILES string of the molecule is CC(C)(S)C(=O)CN1CCN(CC(=O)O)CCN(CC(=O)O)CCN(CC(=O)O)CC1. The number of thiol groups is 1. The zero-order chi connectivity index (χ0) is 23.6. The molecule has 0 radical (unpaired) electrons. The molecule has 0 bridgehead atoms. The summed E-state index contributed by atoms with van der Waals surface area (Å²) in [6.45, 7) is 5.92. The van der Waals surface area contributed by atoms with E-state index in [0.29, 0.717) is 52.4 Å². The molecule has 0 saturated carbocycles. The summed E-state index contributed by atoms with van der Waals surface area (Å²) in [5, 5.41) is 27.6. The molecule has 1 aliphatic heterocycles. The number of ketones is 1. The summed E-state index contributed by atoms with van der Waals surface area (Å²) < 4.78 is -0.817. The van der Waals surface area contributed by atoms with Crippen LogP contribution in [-0.4, -0.2) is 142 Å². The van der Waals surface area contributed by atoms with Crippen molar-refractivity contribution in [2.45, 2.75) is 18.6 Å². The maximum absolute atomic E-state index is 12.5. The number of hydrogen-bond acceptors (Lipinski definition) is 9. The number of nitrogens with zero attached hydrogens (tertiary/aromatic N) is 4. The fourth-order valence-electron chi connectivity index (χ4n) is 3.18.